The molecule has 1 unspecified atom stereocenters. The molecule has 0 N–H and O–H groups in total. The number of hydrogen-bond acceptors (Lipinski definition) is 4. The Kier molecular flexibility index (Phi) is 4.79. The highest BCUT2D eigenvalue weighted by Crippen LogP contribution is 2.42. The molecule has 0 saturated carbocycles. The predicted molar refractivity (Wildman–Crippen MR) is 107 cm³/mol. The number of aryl methyl sites for hydroxylation is 1. The van der Waals surface area contributed by atoms with Crippen molar-refractivity contribution in [3.8, 4) is 0 Å². The lowest BCUT2D eigenvalue weighted by atomic mass is 9.79. The highest BCUT2D eigenvalue weighted by molar-refractivity contribution is 7.09. The van der Waals surface area contributed by atoms with Crippen LogP contribution in [0.3, 0.4) is 0 Å². The summed E-state index contributed by atoms with van der Waals surface area (Å²) in [5, 5.41) is 6.90. The molecule has 3 heterocycles. The lowest BCUT2D eigenvalue weighted by Crippen LogP contribution is -2.30. The number of thiazole rings is 1. The number of carbonyl (C=O) groups excluding carboxylic acids is 1. The van der Waals surface area contributed by atoms with Crippen LogP contribution in [-0.2, 0) is 13.5 Å². The number of likely N-dealkylation sites (tertiary alicyclic amines) is 1. The Morgan fingerprint density at radius 2 is 2.21 bits per heavy atom. The van der Waals surface area contributed by atoms with Gasteiger partial charge in [-0.1, -0.05) is 26.0 Å². The molecular weight excluding hydrogens is 375 g/mol. The van der Waals surface area contributed by atoms with Gasteiger partial charge in [0.05, 0.1) is 11.2 Å². The van der Waals surface area contributed by atoms with Crippen LogP contribution in [0.25, 0.3) is 0 Å². The Balaban J connectivity index is 1.48. The van der Waals surface area contributed by atoms with Gasteiger partial charge in [-0.15, -0.1) is 11.3 Å². The van der Waals surface area contributed by atoms with Gasteiger partial charge in [0.15, 0.2) is 0 Å². The van der Waals surface area contributed by atoms with E-state index in [4.69, 9.17) is 0 Å². The van der Waals surface area contributed by atoms with Gasteiger partial charge in [0.2, 0.25) is 0 Å². The molecule has 2 aromatic heterocycles. The molecule has 1 aliphatic rings. The van der Waals surface area contributed by atoms with Crippen LogP contribution in [0.4, 0.5) is 4.39 Å². The van der Waals surface area contributed by atoms with Crippen molar-refractivity contribution in [2.75, 3.05) is 13.1 Å². The van der Waals surface area contributed by atoms with Crippen molar-refractivity contribution >= 4 is 17.2 Å². The van der Waals surface area contributed by atoms with Crippen molar-refractivity contribution in [2.24, 2.45) is 12.5 Å². The second kappa shape index (κ2) is 7.13. The van der Waals surface area contributed by atoms with E-state index >= 15 is 0 Å². The third-order valence-corrected chi connectivity index (χ3v) is 6.22. The average Bonchev–Trinajstić information content (AvgIpc) is 3.33. The van der Waals surface area contributed by atoms with E-state index in [0.717, 1.165) is 16.1 Å². The van der Waals surface area contributed by atoms with Gasteiger partial charge >= 0.3 is 0 Å². The van der Waals surface area contributed by atoms with Crippen LogP contribution >= 0.6 is 11.3 Å². The number of rotatable bonds is 4. The first-order chi connectivity index (χ1) is 13.3. The summed E-state index contributed by atoms with van der Waals surface area (Å²) >= 11 is 1.44. The third-order valence-electron chi connectivity index (χ3n) is 5.37. The Labute approximate surface area is 167 Å². The zero-order chi connectivity index (χ0) is 19.9. The molecule has 0 spiro atoms. The molecular formula is C21H23FN4OS. The van der Waals surface area contributed by atoms with Crippen molar-refractivity contribution < 1.29 is 9.18 Å². The topological polar surface area (TPSA) is 51.0 Å². The second-order valence-electron chi connectivity index (χ2n) is 8.11. The maximum Gasteiger partial charge on any atom is 0.273 e. The summed E-state index contributed by atoms with van der Waals surface area (Å²) in [6.07, 6.45) is 4.44. The molecule has 1 atom stereocenters. The molecule has 7 heteroatoms. The van der Waals surface area contributed by atoms with E-state index in [1.54, 1.807) is 16.1 Å². The van der Waals surface area contributed by atoms with Crippen molar-refractivity contribution in [1.82, 2.24) is 19.7 Å². The lowest BCUT2D eigenvalue weighted by molar-refractivity contribution is 0.0773. The molecule has 5 nitrogen and oxygen atoms in total. The van der Waals surface area contributed by atoms with Crippen molar-refractivity contribution in [3.05, 3.63) is 69.7 Å². The van der Waals surface area contributed by atoms with E-state index in [1.165, 1.54) is 23.5 Å². The molecule has 28 heavy (non-hydrogen) atoms. The number of carbonyl (C=O) groups is 1. The van der Waals surface area contributed by atoms with Crippen molar-refractivity contribution in [3.63, 3.8) is 0 Å². The number of halogens is 1. The van der Waals surface area contributed by atoms with Gasteiger partial charge in [0, 0.05) is 44.1 Å². The molecule has 1 amide bonds. The fraction of sp³-hybridized carbons (Fsp3) is 0.381. The number of aromatic nitrogens is 3. The van der Waals surface area contributed by atoms with Crippen LogP contribution < -0.4 is 0 Å². The van der Waals surface area contributed by atoms with Crippen molar-refractivity contribution in [2.45, 2.75) is 26.2 Å². The Hall–Kier alpha value is -2.54. The summed E-state index contributed by atoms with van der Waals surface area (Å²) in [6, 6.07) is 6.49. The smallest absolute Gasteiger partial charge is 0.273 e. The summed E-state index contributed by atoms with van der Waals surface area (Å²) in [5.74, 6) is -0.0529. The molecule has 0 radical (unpaired) electrons. The van der Waals surface area contributed by atoms with Crippen molar-refractivity contribution in [1.29, 1.82) is 0 Å². The number of benzene rings is 1. The quantitative estimate of drug-likeness (QED) is 0.670. The third kappa shape index (κ3) is 3.71. The van der Waals surface area contributed by atoms with Crippen LogP contribution in [0.15, 0.2) is 42.0 Å². The Morgan fingerprint density at radius 1 is 1.39 bits per heavy atom. The summed E-state index contributed by atoms with van der Waals surface area (Å²) in [4.78, 5) is 19.4. The Morgan fingerprint density at radius 3 is 2.93 bits per heavy atom. The molecule has 1 saturated heterocycles. The first-order valence-corrected chi connectivity index (χ1v) is 10.2. The molecule has 3 aromatic rings. The number of amides is 1. The second-order valence-corrected chi connectivity index (χ2v) is 9.05. The maximum atomic E-state index is 13.4. The van der Waals surface area contributed by atoms with Crippen LogP contribution in [-0.4, -0.2) is 38.7 Å². The maximum absolute atomic E-state index is 13.4. The van der Waals surface area contributed by atoms with E-state index < -0.39 is 0 Å². The number of hydrogen-bond donors (Lipinski definition) is 0. The van der Waals surface area contributed by atoms with E-state index in [9.17, 15) is 9.18 Å². The number of nitrogens with zero attached hydrogens (tertiary/aromatic N) is 4. The van der Waals surface area contributed by atoms with Gasteiger partial charge < -0.3 is 4.90 Å². The highest BCUT2D eigenvalue weighted by atomic mass is 32.1. The highest BCUT2D eigenvalue weighted by Gasteiger charge is 2.43. The molecule has 0 aliphatic carbocycles. The van der Waals surface area contributed by atoms with Crippen LogP contribution in [0.2, 0.25) is 0 Å². The SMILES string of the molecule is Cn1cc(C2CN(C(=O)c3csc(Cc4cccc(F)c4)n3)CC2(C)C)cn1. The zero-order valence-corrected chi connectivity index (χ0v) is 17.0. The predicted octanol–water partition coefficient (Wildman–Crippen LogP) is 3.87. The summed E-state index contributed by atoms with van der Waals surface area (Å²) in [6.45, 7) is 5.72. The minimum atomic E-state index is -0.258. The minimum Gasteiger partial charge on any atom is -0.336 e. The summed E-state index contributed by atoms with van der Waals surface area (Å²) in [5.41, 5.74) is 2.46. The van der Waals surface area contributed by atoms with Gasteiger partial charge in [0.1, 0.15) is 11.5 Å². The van der Waals surface area contributed by atoms with Gasteiger partial charge in [0.25, 0.3) is 5.91 Å². The fourth-order valence-corrected chi connectivity index (χ4v) is 4.74. The fourth-order valence-electron chi connectivity index (χ4n) is 3.94. The first kappa shape index (κ1) is 18.8. The van der Waals surface area contributed by atoms with Gasteiger partial charge in [-0.2, -0.15) is 5.10 Å². The average molecular weight is 399 g/mol. The van der Waals surface area contributed by atoms with E-state index in [-0.39, 0.29) is 23.1 Å². The van der Waals surface area contributed by atoms with Gasteiger partial charge in [-0.25, -0.2) is 9.37 Å². The molecule has 1 aromatic carbocycles. The minimum absolute atomic E-state index is 0.0287. The molecule has 1 aliphatic heterocycles. The molecule has 4 rings (SSSR count). The summed E-state index contributed by atoms with van der Waals surface area (Å²) in [7, 11) is 1.91. The molecule has 0 bridgehead atoms. The van der Waals surface area contributed by atoms with Crippen LogP contribution in [0.1, 0.15) is 46.4 Å². The first-order valence-electron chi connectivity index (χ1n) is 9.28. The monoisotopic (exact) mass is 398 g/mol. The summed E-state index contributed by atoms with van der Waals surface area (Å²) < 4.78 is 15.2. The van der Waals surface area contributed by atoms with Gasteiger partial charge in [-0.3, -0.25) is 9.48 Å². The van der Waals surface area contributed by atoms with Gasteiger partial charge in [-0.05, 0) is 28.7 Å². The van der Waals surface area contributed by atoms with Crippen LogP contribution in [0, 0.1) is 11.2 Å². The zero-order valence-electron chi connectivity index (χ0n) is 16.2. The Bertz CT molecular complexity index is 1010. The van der Waals surface area contributed by atoms with Crippen LogP contribution in [0.5, 0.6) is 0 Å². The lowest BCUT2D eigenvalue weighted by Gasteiger charge is -2.24. The van der Waals surface area contributed by atoms with E-state index in [1.807, 2.05) is 30.4 Å². The standard InChI is InChI=1S/C21H23FN4OS/c1-21(2)13-26(11-17(21)15-9-23-25(3)10-15)20(27)18-12-28-19(24-18)8-14-5-4-6-16(22)7-14/h4-7,9-10,12,17H,8,11,13H2,1-3H3. The molecule has 146 valence electrons. The van der Waals surface area contributed by atoms with E-state index in [0.29, 0.717) is 25.2 Å². The molecule has 1 fully saturated rings. The normalized spacial score (nSPS) is 18.6. The van der Waals surface area contributed by atoms with E-state index in [2.05, 4.69) is 23.9 Å². The largest absolute Gasteiger partial charge is 0.336 e.